The van der Waals surface area contributed by atoms with Gasteiger partial charge in [0.15, 0.2) is 11.5 Å². The molecule has 58 heteroatoms. The molecule has 0 aliphatic carbocycles. The van der Waals surface area contributed by atoms with Crippen molar-refractivity contribution >= 4 is 381 Å². The summed E-state index contributed by atoms with van der Waals surface area (Å²) in [6.07, 6.45) is -30.8. The Morgan fingerprint density at radius 3 is 1.26 bits per heavy atom. The molecule has 0 N–H and O–H groups in total. The molecular weight excluding hydrogens is 915 g/mol. The van der Waals surface area contributed by atoms with Gasteiger partial charge in [0.05, 0.1) is 7.11 Å². The second-order valence-electron chi connectivity index (χ2n) is 21.9. The topological polar surface area (TPSA) is 48.0 Å². The highest BCUT2D eigenvalue weighted by molar-refractivity contribution is 8.36. The largest absolute Gasteiger partial charge is 0.492 e. The fourth-order valence-electron chi connectivity index (χ4n) is 13.1. The molecule has 80 heavy (non-hydrogen) atoms. The van der Waals surface area contributed by atoms with Gasteiger partial charge in [-0.15, -0.1) is 0 Å². The number of aryl methyl sites for hydroxylation is 1. The highest BCUT2D eigenvalue weighted by Gasteiger charge is 2.61. The van der Waals surface area contributed by atoms with Crippen LogP contribution in [0, 0.1) is 6.92 Å². The average molecular weight is 940 g/mol. The summed E-state index contributed by atoms with van der Waals surface area (Å²) in [5.74, 6) is 2.33. The first-order valence-corrected chi connectivity index (χ1v) is 26.7. The molecule has 2 aromatic carbocycles. The number of benzene rings is 2. The number of nitrogens with zero attached hydrogens (tertiary/aromatic N) is 1. The second kappa shape index (κ2) is 34.6. The SMILES string of the molecule is COc1c2c(cc3c1C(CC(=O)Cc1ccccc1C)N(C)CC3)OCO2.[B][B]B(B([B])[B])B(B(B([B])[B])B([B])[B])B(B(B([B])[B])B([B])[B])B(B(B(B([B])[B])B([B])[B])B(B([B])[B])B([B])[B])B(B(B([B])[B])B([B])[B])B(B([B])[B])B([B])[B]. The zero-order valence-corrected chi connectivity index (χ0v) is 46.7. The number of fused-ring (bicyclic) bond motifs is 2. The third-order valence-corrected chi connectivity index (χ3v) is 16.5. The van der Waals surface area contributed by atoms with E-state index in [2.05, 4.69) is 11.9 Å². The monoisotopic (exact) mass is 951 g/mol. The molecular formula is C22H25B53NO4. The summed E-state index contributed by atoms with van der Waals surface area (Å²) in [5.41, 5.74) is 4.50. The fraction of sp³-hybridized carbons (Fsp3) is 0.409. The van der Waals surface area contributed by atoms with E-state index in [1.807, 2.05) is 37.3 Å². The van der Waals surface area contributed by atoms with Gasteiger partial charge in [0.1, 0.15) is 5.78 Å². The van der Waals surface area contributed by atoms with Gasteiger partial charge in [-0.3, -0.25) is 9.69 Å². The molecule has 2 aliphatic rings. The Balaban J connectivity index is 0.000000511. The van der Waals surface area contributed by atoms with Crippen LogP contribution in [-0.4, -0.2) is 414 Å². The van der Waals surface area contributed by atoms with E-state index in [0.717, 1.165) is 35.4 Å². The molecule has 55 radical (unpaired) electrons. The molecule has 0 saturated heterocycles. The normalized spacial score (nSPS) is 12.6. The van der Waals surface area contributed by atoms with Crippen LogP contribution in [0.3, 0.4) is 0 Å². The highest BCUT2D eigenvalue weighted by Crippen LogP contribution is 2.50. The minimum atomic E-state index is -1.40. The van der Waals surface area contributed by atoms with Crippen LogP contribution in [0.2, 0.25) is 0 Å². The van der Waals surface area contributed by atoms with Gasteiger partial charge in [0, 0.05) is 407 Å². The van der Waals surface area contributed by atoms with Crippen molar-refractivity contribution in [2.24, 2.45) is 0 Å². The van der Waals surface area contributed by atoms with E-state index in [1.54, 1.807) is 7.11 Å². The molecule has 301 valence electrons. The van der Waals surface area contributed by atoms with E-state index >= 15 is 0 Å². The second-order valence-corrected chi connectivity index (χ2v) is 21.9. The summed E-state index contributed by atoms with van der Waals surface area (Å²) >= 11 is 0. The maximum atomic E-state index is 12.9. The summed E-state index contributed by atoms with van der Waals surface area (Å²) in [4.78, 5) is 15.1. The van der Waals surface area contributed by atoms with Crippen molar-refractivity contribution in [2.45, 2.75) is 32.2 Å². The zero-order valence-electron chi connectivity index (χ0n) is 46.7. The number of ether oxygens (including phenoxy) is 3. The van der Waals surface area contributed by atoms with Crippen molar-refractivity contribution in [3.8, 4) is 17.2 Å². The van der Waals surface area contributed by atoms with Gasteiger partial charge in [-0.05, 0) is 43.1 Å². The molecule has 1 unspecified atom stereocenters. The van der Waals surface area contributed by atoms with Gasteiger partial charge < -0.3 is 14.2 Å². The van der Waals surface area contributed by atoms with Crippen molar-refractivity contribution in [1.82, 2.24) is 4.90 Å². The van der Waals surface area contributed by atoms with Crippen molar-refractivity contribution in [2.75, 3.05) is 27.5 Å². The van der Waals surface area contributed by atoms with Gasteiger partial charge in [-0.1, -0.05) is 24.3 Å². The van der Waals surface area contributed by atoms with Crippen LogP contribution in [0.15, 0.2) is 30.3 Å². The minimum Gasteiger partial charge on any atom is -0.492 e. The van der Waals surface area contributed by atoms with E-state index < -0.39 is 160 Å². The first-order chi connectivity index (χ1) is 37.2. The van der Waals surface area contributed by atoms with E-state index in [4.69, 9.17) is 223 Å². The third kappa shape index (κ3) is 19.0. The summed E-state index contributed by atoms with van der Waals surface area (Å²) < 4.78 is 16.9. The van der Waals surface area contributed by atoms with Gasteiger partial charge in [0.25, 0.3) is 0 Å². The third-order valence-electron chi connectivity index (χ3n) is 16.5. The molecule has 0 saturated carbocycles. The maximum absolute atomic E-state index is 12.9. The number of rotatable bonds is 30. The lowest BCUT2D eigenvalue weighted by atomic mass is 8.24. The lowest BCUT2D eigenvalue weighted by Gasteiger charge is -2.57. The first kappa shape index (κ1) is 75.2. The molecule has 5 nitrogen and oxygen atoms in total. The molecule has 0 aromatic heterocycles. The Kier molecular flexibility index (Phi) is 32.5. The molecule has 0 spiro atoms. The molecule has 2 heterocycles. The predicted octanol–water partition coefficient (Wildman–Crippen LogP) is -16.7. The Labute approximate surface area is 530 Å². The lowest BCUT2D eigenvalue weighted by molar-refractivity contribution is -0.119. The number of Topliss-reactive ketones (excluding diaryl/α,β-unsaturated/α-hetero) is 1. The molecule has 0 amide bonds. The Morgan fingerprint density at radius 2 is 0.912 bits per heavy atom. The van der Waals surface area contributed by atoms with Crippen LogP contribution in [0.25, 0.3) is 0 Å². The van der Waals surface area contributed by atoms with Gasteiger partial charge in [-0.25, -0.2) is 0 Å². The number of carbonyl (C=O) groups is 1. The van der Waals surface area contributed by atoms with Crippen molar-refractivity contribution < 1.29 is 19.0 Å². The van der Waals surface area contributed by atoms with Crippen LogP contribution in [-0.2, 0) is 17.6 Å². The van der Waals surface area contributed by atoms with Crippen LogP contribution in [0.1, 0.15) is 34.7 Å². The molecule has 4 rings (SSSR count). The lowest BCUT2D eigenvalue weighted by Crippen LogP contribution is -2.95. The van der Waals surface area contributed by atoms with Crippen LogP contribution in [0.4, 0.5) is 0 Å². The van der Waals surface area contributed by atoms with Crippen LogP contribution >= 0.6 is 0 Å². The summed E-state index contributed by atoms with van der Waals surface area (Å²) in [6.45, 7) is 3.16. The van der Waals surface area contributed by atoms with Gasteiger partial charge in [0.2, 0.25) is 12.5 Å². The zero-order chi connectivity index (χ0) is 61.1. The van der Waals surface area contributed by atoms with Crippen LogP contribution in [0.5, 0.6) is 17.2 Å². The maximum Gasteiger partial charge on any atom is 0.231 e. The number of methoxy groups -OCH3 is 1. The van der Waals surface area contributed by atoms with Crippen molar-refractivity contribution in [1.29, 1.82) is 0 Å². The van der Waals surface area contributed by atoms with Crippen LogP contribution < -0.4 is 14.2 Å². The average Bonchev–Trinajstić information content (AvgIpc) is 3.79. The van der Waals surface area contributed by atoms with E-state index in [1.165, 1.54) is 12.6 Å². The number of carbonyl (C=O) groups excluding carboxylic acids is 1. The standard InChI is InChI=1S/C22H25NO4.B53/c1-14-6-4-5-7-15(14)10-17(24)12-18-20-16(8-9-23(18)2)11-19-21(22(20)25-3)27-13-26-19;1-28-42(29(2)3)49(43(30(4)5)31(6)7)52(48(40(24)25)41(26)27)53(50(44(32(8)9)33(10)11)45(34(12)13)35(14)15)51(46(36(16)17)37(18)19)47(38(20)21)39(22)23/h4-7,11,18H,8-10,12-13H2,1-3H3;. The van der Waals surface area contributed by atoms with E-state index in [0.29, 0.717) is 24.3 Å². The first-order valence-electron chi connectivity index (χ1n) is 26.7. The Hall–Kier alpha value is 0.912. The molecule has 1 atom stereocenters. The van der Waals surface area contributed by atoms with E-state index in [9.17, 15) is 4.79 Å². The van der Waals surface area contributed by atoms with Crippen molar-refractivity contribution in [3.05, 3.63) is 52.6 Å². The van der Waals surface area contributed by atoms with E-state index in [-0.39, 0.29) is 18.6 Å². The summed E-state index contributed by atoms with van der Waals surface area (Å²) in [7, 11) is 180. The number of ketones is 1. The van der Waals surface area contributed by atoms with Crippen molar-refractivity contribution in [3.63, 3.8) is 0 Å². The number of likely N-dealkylation sites (N-methyl/N-ethyl adjacent to an activating group) is 1. The highest BCUT2D eigenvalue weighted by atomic mass is 16.7. The number of hydrogen-bond donors (Lipinski definition) is 0. The van der Waals surface area contributed by atoms with Gasteiger partial charge >= 0.3 is 0 Å². The smallest absolute Gasteiger partial charge is 0.231 e. The quantitative estimate of drug-likeness (QED) is 0.0731. The fourth-order valence-corrected chi connectivity index (χ4v) is 13.1. The molecule has 2 aromatic rings. The molecule has 2 aliphatic heterocycles. The summed E-state index contributed by atoms with van der Waals surface area (Å²) in [5, 5.41) is 0. The summed E-state index contributed by atoms with van der Waals surface area (Å²) in [6, 6.07) is 10.1. The number of hydrogen-bond acceptors (Lipinski definition) is 5. The predicted molar refractivity (Wildman–Crippen MR) is 408 cm³/mol. The Bertz CT molecular complexity index is 2040. The molecule has 0 fully saturated rings. The Morgan fingerprint density at radius 1 is 0.550 bits per heavy atom. The van der Waals surface area contributed by atoms with Gasteiger partial charge in [-0.2, -0.15) is 0 Å². The minimum absolute atomic E-state index is 0.0188. The molecule has 0 bridgehead atoms.